The van der Waals surface area contributed by atoms with E-state index in [4.69, 9.17) is 0 Å². The summed E-state index contributed by atoms with van der Waals surface area (Å²) < 4.78 is 0. The quantitative estimate of drug-likeness (QED) is 0.458. The van der Waals surface area contributed by atoms with Crippen molar-refractivity contribution in [3.8, 4) is 0 Å². The number of rotatable bonds is 5. The molecule has 4 aliphatic rings. The van der Waals surface area contributed by atoms with E-state index in [2.05, 4.69) is 48.1 Å². The first-order valence-electron chi connectivity index (χ1n) is 14.1. The number of carbonyl (C=O) groups is 2. The van der Waals surface area contributed by atoms with Crippen LogP contribution >= 0.6 is 0 Å². The van der Waals surface area contributed by atoms with Crippen LogP contribution in [0.5, 0.6) is 0 Å². The van der Waals surface area contributed by atoms with Gasteiger partial charge in [0.2, 0.25) is 0 Å². The van der Waals surface area contributed by atoms with Crippen molar-refractivity contribution in [2.24, 2.45) is 51.2 Å². The van der Waals surface area contributed by atoms with Gasteiger partial charge >= 0.3 is 0 Å². The van der Waals surface area contributed by atoms with Gasteiger partial charge in [-0.05, 0) is 74.0 Å². The first-order chi connectivity index (χ1) is 16.0. The number of aliphatic hydroxyl groups excluding tert-OH is 1. The van der Waals surface area contributed by atoms with Crippen molar-refractivity contribution in [2.75, 3.05) is 0 Å². The number of carbonyl (C=O) groups excluding carboxylic acids is 2. The molecule has 2 N–H and O–H groups in total. The van der Waals surface area contributed by atoms with Crippen LogP contribution in [0.3, 0.4) is 0 Å². The van der Waals surface area contributed by atoms with Gasteiger partial charge in [-0.25, -0.2) is 0 Å². The van der Waals surface area contributed by atoms with Crippen LogP contribution in [0.1, 0.15) is 107 Å². The lowest BCUT2D eigenvalue weighted by Crippen LogP contribution is -2.55. The Morgan fingerprint density at radius 1 is 1.00 bits per heavy atom. The topological polar surface area (TPSA) is 74.6 Å². The van der Waals surface area contributed by atoms with E-state index in [1.807, 2.05) is 13.8 Å². The molecule has 0 bridgehead atoms. The van der Waals surface area contributed by atoms with Crippen molar-refractivity contribution in [2.45, 2.75) is 118 Å². The Morgan fingerprint density at radius 3 is 2.23 bits per heavy atom. The largest absolute Gasteiger partial charge is 0.393 e. The van der Waals surface area contributed by atoms with Crippen molar-refractivity contribution in [1.82, 2.24) is 0 Å². The second-order valence-corrected chi connectivity index (χ2v) is 14.5. The van der Waals surface area contributed by atoms with E-state index in [0.717, 1.165) is 24.8 Å². The van der Waals surface area contributed by atoms with E-state index in [1.54, 1.807) is 0 Å². The molecule has 0 aliphatic heterocycles. The predicted molar refractivity (Wildman–Crippen MR) is 140 cm³/mol. The standard InChI is InChI=1S/C31H50O4/c1-18(2)19(3)16-23(32)20(4)21-10-12-30(9)26(34)22-17-24-27(5,6)25(33)11-13-29(24,8)31(22,35)15-14-28(21,30)7/h18,20-24,32,35H,3,10-17H2,1-2,4-9H3. The Balaban J connectivity index is 1.68. The van der Waals surface area contributed by atoms with Gasteiger partial charge < -0.3 is 10.2 Å². The predicted octanol–water partition coefficient (Wildman–Crippen LogP) is 6.13. The van der Waals surface area contributed by atoms with Crippen molar-refractivity contribution >= 4 is 11.6 Å². The molecule has 4 rings (SSSR count). The monoisotopic (exact) mass is 486 g/mol. The van der Waals surface area contributed by atoms with Crippen LogP contribution in [0.4, 0.5) is 0 Å². The average Bonchev–Trinajstić information content (AvgIpc) is 3.16. The fraction of sp³-hybridized carbons (Fsp3) is 0.871. The molecule has 9 unspecified atom stereocenters. The Bertz CT molecular complexity index is 919. The number of aliphatic hydroxyl groups is 2. The Morgan fingerprint density at radius 2 is 1.63 bits per heavy atom. The van der Waals surface area contributed by atoms with Gasteiger partial charge in [-0.3, -0.25) is 9.59 Å². The van der Waals surface area contributed by atoms with E-state index < -0.39 is 33.9 Å². The highest BCUT2D eigenvalue weighted by Gasteiger charge is 2.73. The molecule has 0 aromatic rings. The Labute approximate surface area is 213 Å². The van der Waals surface area contributed by atoms with Crippen LogP contribution in [-0.2, 0) is 9.59 Å². The van der Waals surface area contributed by atoms with E-state index >= 15 is 0 Å². The van der Waals surface area contributed by atoms with E-state index in [1.165, 1.54) is 0 Å². The molecule has 198 valence electrons. The summed E-state index contributed by atoms with van der Waals surface area (Å²) in [6, 6.07) is 0. The Kier molecular flexibility index (Phi) is 6.38. The maximum Gasteiger partial charge on any atom is 0.145 e. The lowest BCUT2D eigenvalue weighted by Gasteiger charge is -2.52. The molecule has 4 fully saturated rings. The molecule has 0 aromatic heterocycles. The van der Waals surface area contributed by atoms with Crippen molar-refractivity contribution in [1.29, 1.82) is 0 Å². The lowest BCUT2D eigenvalue weighted by atomic mass is 9.53. The molecule has 35 heavy (non-hydrogen) atoms. The molecule has 4 saturated carbocycles. The summed E-state index contributed by atoms with van der Waals surface area (Å²) in [5.74, 6) is 0.742. The minimum atomic E-state index is -1.07. The zero-order chi connectivity index (χ0) is 26.4. The Hall–Kier alpha value is -1.00. The third-order valence-corrected chi connectivity index (χ3v) is 12.7. The maximum absolute atomic E-state index is 14.5. The van der Waals surface area contributed by atoms with Crippen LogP contribution in [0, 0.1) is 51.2 Å². The number of ketones is 2. The van der Waals surface area contributed by atoms with Crippen molar-refractivity contribution in [3.63, 3.8) is 0 Å². The number of hydrogen-bond donors (Lipinski definition) is 2. The number of hydrogen-bond acceptors (Lipinski definition) is 4. The van der Waals surface area contributed by atoms with Crippen LogP contribution in [0.15, 0.2) is 12.2 Å². The molecule has 0 spiro atoms. The molecular formula is C31H50O4. The highest BCUT2D eigenvalue weighted by Crippen LogP contribution is 2.72. The minimum Gasteiger partial charge on any atom is -0.393 e. The van der Waals surface area contributed by atoms with E-state index in [9.17, 15) is 19.8 Å². The van der Waals surface area contributed by atoms with Gasteiger partial charge in [-0.1, -0.05) is 67.5 Å². The first-order valence-corrected chi connectivity index (χ1v) is 14.1. The molecule has 0 radical (unpaired) electrons. The third-order valence-electron chi connectivity index (χ3n) is 12.7. The summed E-state index contributed by atoms with van der Waals surface area (Å²) in [5.41, 5.74) is -1.71. The average molecular weight is 487 g/mol. The molecule has 4 aliphatic carbocycles. The zero-order valence-corrected chi connectivity index (χ0v) is 23.5. The van der Waals surface area contributed by atoms with Gasteiger partial charge in [0.05, 0.1) is 11.7 Å². The third kappa shape index (κ3) is 3.44. The SMILES string of the molecule is C=C(CC(O)C(C)C1CCC2(C)C(=O)C3CC4C(C)(C)C(=O)CCC4(C)C3(O)CCC12C)C(C)C. The summed E-state index contributed by atoms with van der Waals surface area (Å²) in [4.78, 5) is 27.4. The fourth-order valence-corrected chi connectivity index (χ4v) is 9.51. The normalized spacial score (nSPS) is 46.5. The highest BCUT2D eigenvalue weighted by atomic mass is 16.3. The summed E-state index contributed by atoms with van der Waals surface area (Å²) in [5, 5.41) is 23.6. The van der Waals surface area contributed by atoms with Crippen LogP contribution in [-0.4, -0.2) is 33.5 Å². The molecule has 0 amide bonds. The van der Waals surface area contributed by atoms with Gasteiger partial charge in [-0.15, -0.1) is 0 Å². The molecule has 4 nitrogen and oxygen atoms in total. The van der Waals surface area contributed by atoms with Crippen LogP contribution in [0.25, 0.3) is 0 Å². The zero-order valence-electron chi connectivity index (χ0n) is 23.5. The van der Waals surface area contributed by atoms with Gasteiger partial charge in [-0.2, -0.15) is 0 Å². The second kappa shape index (κ2) is 8.25. The number of fused-ring (bicyclic) bond motifs is 4. The summed E-state index contributed by atoms with van der Waals surface area (Å²) in [7, 11) is 0. The molecule has 4 heteroatoms. The molecule has 9 atom stereocenters. The van der Waals surface area contributed by atoms with Gasteiger partial charge in [0, 0.05) is 28.6 Å². The summed E-state index contributed by atoms with van der Waals surface area (Å²) >= 11 is 0. The smallest absolute Gasteiger partial charge is 0.145 e. The van der Waals surface area contributed by atoms with Crippen LogP contribution in [0.2, 0.25) is 0 Å². The maximum atomic E-state index is 14.5. The van der Waals surface area contributed by atoms with Crippen LogP contribution < -0.4 is 0 Å². The second-order valence-electron chi connectivity index (χ2n) is 14.5. The van der Waals surface area contributed by atoms with Gasteiger partial charge in [0.15, 0.2) is 0 Å². The lowest BCUT2D eigenvalue weighted by molar-refractivity contribution is -0.159. The molecular weight excluding hydrogens is 436 g/mol. The van der Waals surface area contributed by atoms with Crippen molar-refractivity contribution < 1.29 is 19.8 Å². The first kappa shape index (κ1) is 27.0. The summed E-state index contributed by atoms with van der Waals surface area (Å²) in [6.45, 7) is 21.2. The van der Waals surface area contributed by atoms with Gasteiger partial charge in [0.1, 0.15) is 11.6 Å². The number of Topliss-reactive ketones (excluding diaryl/α,β-unsaturated/α-hetero) is 2. The fourth-order valence-electron chi connectivity index (χ4n) is 9.51. The molecule has 0 aromatic carbocycles. The van der Waals surface area contributed by atoms with Crippen molar-refractivity contribution in [3.05, 3.63) is 12.2 Å². The minimum absolute atomic E-state index is 0.0307. The van der Waals surface area contributed by atoms with E-state index in [-0.39, 0.29) is 34.7 Å². The van der Waals surface area contributed by atoms with E-state index in [0.29, 0.717) is 38.0 Å². The molecule has 0 heterocycles. The highest BCUT2D eigenvalue weighted by molar-refractivity contribution is 5.91. The molecule has 0 saturated heterocycles. The summed E-state index contributed by atoms with van der Waals surface area (Å²) in [6.07, 6.45) is 5.04. The van der Waals surface area contributed by atoms with Gasteiger partial charge in [0.25, 0.3) is 0 Å².